The average molecular weight is 362 g/mol. The van der Waals surface area contributed by atoms with Gasteiger partial charge in [-0.1, -0.05) is 44.2 Å². The van der Waals surface area contributed by atoms with Crippen LogP contribution in [0.5, 0.6) is 0 Å². The second kappa shape index (κ2) is 10.9. The molecule has 1 aromatic carbocycles. The Hall–Kier alpha value is -0.810. The molecule has 1 aliphatic heterocycles. The highest BCUT2D eigenvalue weighted by molar-refractivity contribution is 5.85. The van der Waals surface area contributed by atoms with E-state index in [0.29, 0.717) is 12.6 Å². The van der Waals surface area contributed by atoms with E-state index in [4.69, 9.17) is 5.73 Å². The third-order valence-corrected chi connectivity index (χ3v) is 4.26. The molecule has 3 N–H and O–H groups in total. The smallest absolute Gasteiger partial charge is 0.237 e. The lowest BCUT2D eigenvalue weighted by Crippen LogP contribution is -2.48. The van der Waals surface area contributed by atoms with Gasteiger partial charge in [-0.25, -0.2) is 0 Å². The number of carbonyl (C=O) groups is 1. The lowest BCUT2D eigenvalue weighted by Gasteiger charge is -2.25. The van der Waals surface area contributed by atoms with Crippen molar-refractivity contribution in [1.29, 1.82) is 0 Å². The molecule has 0 saturated carbocycles. The first-order chi connectivity index (χ1) is 10.1. The fourth-order valence-electron chi connectivity index (χ4n) is 2.79. The predicted molar refractivity (Wildman–Crippen MR) is 100 cm³/mol. The molecule has 0 aliphatic carbocycles. The van der Waals surface area contributed by atoms with E-state index in [1.54, 1.807) is 0 Å². The van der Waals surface area contributed by atoms with E-state index in [1.807, 2.05) is 19.9 Å². The molecule has 23 heavy (non-hydrogen) atoms. The van der Waals surface area contributed by atoms with Gasteiger partial charge < -0.3 is 11.1 Å². The monoisotopic (exact) mass is 361 g/mol. The summed E-state index contributed by atoms with van der Waals surface area (Å²) < 4.78 is 0. The zero-order valence-electron chi connectivity index (χ0n) is 13.9. The SMILES string of the molecule is CC(C)C(N)C(=O)NCC1CCCN1Cc1ccccc1.Cl.Cl. The van der Waals surface area contributed by atoms with Crippen molar-refractivity contribution >= 4 is 30.7 Å². The largest absolute Gasteiger partial charge is 0.353 e. The van der Waals surface area contributed by atoms with E-state index >= 15 is 0 Å². The maximum Gasteiger partial charge on any atom is 0.237 e. The molecule has 1 aromatic rings. The third kappa shape index (κ3) is 6.68. The number of nitrogens with two attached hydrogens (primary N) is 1. The summed E-state index contributed by atoms with van der Waals surface area (Å²) in [6, 6.07) is 10.5. The molecule has 1 aliphatic rings. The van der Waals surface area contributed by atoms with E-state index in [0.717, 1.165) is 19.5 Å². The Balaban J connectivity index is 0.00000242. The van der Waals surface area contributed by atoms with Gasteiger partial charge in [-0.2, -0.15) is 0 Å². The van der Waals surface area contributed by atoms with Crippen molar-refractivity contribution in [2.24, 2.45) is 11.7 Å². The first-order valence-corrected chi connectivity index (χ1v) is 7.89. The van der Waals surface area contributed by atoms with Gasteiger partial charge in [0, 0.05) is 19.1 Å². The first-order valence-electron chi connectivity index (χ1n) is 7.89. The van der Waals surface area contributed by atoms with Crippen LogP contribution in [-0.2, 0) is 11.3 Å². The maximum absolute atomic E-state index is 12.0. The number of amides is 1. The highest BCUT2D eigenvalue weighted by Gasteiger charge is 2.26. The first kappa shape index (κ1) is 22.2. The summed E-state index contributed by atoms with van der Waals surface area (Å²) in [5.41, 5.74) is 7.21. The number of hydrogen-bond acceptors (Lipinski definition) is 3. The second-order valence-electron chi connectivity index (χ2n) is 6.27. The van der Waals surface area contributed by atoms with Gasteiger partial charge in [0.25, 0.3) is 0 Å². The summed E-state index contributed by atoms with van der Waals surface area (Å²) >= 11 is 0. The fraction of sp³-hybridized carbons (Fsp3) is 0.588. The van der Waals surface area contributed by atoms with Crippen molar-refractivity contribution in [2.75, 3.05) is 13.1 Å². The number of likely N-dealkylation sites (tertiary alicyclic amines) is 1. The zero-order valence-corrected chi connectivity index (χ0v) is 15.5. The standard InChI is InChI=1S/C17H27N3O.2ClH/c1-13(2)16(18)17(21)19-11-15-9-6-10-20(15)12-14-7-4-3-5-8-14;;/h3-5,7-8,13,15-16H,6,9-12,18H2,1-2H3,(H,19,21);2*1H. The van der Waals surface area contributed by atoms with Crippen molar-refractivity contribution < 1.29 is 4.79 Å². The van der Waals surface area contributed by atoms with Crippen LogP contribution in [0.15, 0.2) is 30.3 Å². The quantitative estimate of drug-likeness (QED) is 0.818. The summed E-state index contributed by atoms with van der Waals surface area (Å²) in [4.78, 5) is 14.4. The van der Waals surface area contributed by atoms with Crippen molar-refractivity contribution in [3.05, 3.63) is 35.9 Å². The number of halogens is 2. The van der Waals surface area contributed by atoms with Crippen LogP contribution >= 0.6 is 24.8 Å². The van der Waals surface area contributed by atoms with Crippen LogP contribution in [0.3, 0.4) is 0 Å². The maximum atomic E-state index is 12.0. The zero-order chi connectivity index (χ0) is 15.2. The van der Waals surface area contributed by atoms with Crippen molar-refractivity contribution in [3.8, 4) is 0 Å². The molecule has 1 amide bonds. The van der Waals surface area contributed by atoms with E-state index in [1.165, 1.54) is 12.0 Å². The van der Waals surface area contributed by atoms with E-state index < -0.39 is 6.04 Å². The van der Waals surface area contributed by atoms with Crippen LogP contribution in [0.25, 0.3) is 0 Å². The van der Waals surface area contributed by atoms with Crippen LogP contribution in [-0.4, -0.2) is 36.0 Å². The Bertz CT molecular complexity index is 456. The van der Waals surface area contributed by atoms with Crippen LogP contribution in [0.1, 0.15) is 32.3 Å². The Labute approximate surface area is 152 Å². The summed E-state index contributed by atoms with van der Waals surface area (Å²) in [6.07, 6.45) is 2.34. The van der Waals surface area contributed by atoms with Gasteiger partial charge in [0.15, 0.2) is 0 Å². The van der Waals surface area contributed by atoms with Crippen LogP contribution < -0.4 is 11.1 Å². The predicted octanol–water partition coefficient (Wildman–Crippen LogP) is 2.59. The number of rotatable bonds is 6. The number of benzene rings is 1. The molecule has 132 valence electrons. The Morgan fingerprint density at radius 1 is 1.30 bits per heavy atom. The summed E-state index contributed by atoms with van der Waals surface area (Å²) in [5.74, 6) is 0.144. The Morgan fingerprint density at radius 2 is 1.96 bits per heavy atom. The Morgan fingerprint density at radius 3 is 2.57 bits per heavy atom. The van der Waals surface area contributed by atoms with Gasteiger partial charge in [-0.15, -0.1) is 24.8 Å². The van der Waals surface area contributed by atoms with Gasteiger partial charge >= 0.3 is 0 Å². The molecule has 0 radical (unpaired) electrons. The summed E-state index contributed by atoms with van der Waals surface area (Å²) in [5, 5.41) is 3.02. The van der Waals surface area contributed by atoms with Gasteiger partial charge in [-0.3, -0.25) is 9.69 Å². The normalized spacial score (nSPS) is 18.9. The molecule has 2 unspecified atom stereocenters. The van der Waals surface area contributed by atoms with Gasteiger partial charge in [0.05, 0.1) is 6.04 Å². The molecule has 0 spiro atoms. The Kier molecular flexibility index (Phi) is 10.5. The van der Waals surface area contributed by atoms with Crippen molar-refractivity contribution in [3.63, 3.8) is 0 Å². The lowest BCUT2D eigenvalue weighted by molar-refractivity contribution is -0.123. The molecule has 1 saturated heterocycles. The molecule has 1 fully saturated rings. The minimum atomic E-state index is -0.408. The van der Waals surface area contributed by atoms with Crippen molar-refractivity contribution in [2.45, 2.75) is 45.3 Å². The van der Waals surface area contributed by atoms with Crippen LogP contribution in [0.4, 0.5) is 0 Å². The minimum Gasteiger partial charge on any atom is -0.353 e. The topological polar surface area (TPSA) is 58.4 Å². The highest BCUT2D eigenvalue weighted by Crippen LogP contribution is 2.19. The average Bonchev–Trinajstić information content (AvgIpc) is 2.92. The van der Waals surface area contributed by atoms with Crippen molar-refractivity contribution in [1.82, 2.24) is 10.2 Å². The molecule has 0 aromatic heterocycles. The molecule has 1 heterocycles. The number of nitrogens with one attached hydrogen (secondary N) is 1. The molecule has 2 rings (SSSR count). The van der Waals surface area contributed by atoms with E-state index in [-0.39, 0.29) is 36.6 Å². The van der Waals surface area contributed by atoms with Crippen LogP contribution in [0, 0.1) is 5.92 Å². The molecule has 6 heteroatoms. The highest BCUT2D eigenvalue weighted by atomic mass is 35.5. The number of nitrogens with zero attached hydrogens (tertiary/aromatic N) is 1. The number of carbonyl (C=O) groups excluding carboxylic acids is 1. The fourth-order valence-corrected chi connectivity index (χ4v) is 2.79. The summed E-state index contributed by atoms with van der Waals surface area (Å²) in [6.45, 7) is 6.71. The van der Waals surface area contributed by atoms with Gasteiger partial charge in [-0.05, 0) is 30.9 Å². The molecular formula is C17H29Cl2N3O. The molecule has 0 bridgehead atoms. The molecule has 2 atom stereocenters. The number of hydrogen-bond donors (Lipinski definition) is 2. The van der Waals surface area contributed by atoms with E-state index in [2.05, 4.69) is 34.5 Å². The third-order valence-electron chi connectivity index (χ3n) is 4.26. The summed E-state index contributed by atoms with van der Waals surface area (Å²) in [7, 11) is 0. The second-order valence-corrected chi connectivity index (χ2v) is 6.27. The minimum absolute atomic E-state index is 0. The molecular weight excluding hydrogens is 333 g/mol. The van der Waals surface area contributed by atoms with Crippen LogP contribution in [0.2, 0.25) is 0 Å². The van der Waals surface area contributed by atoms with E-state index in [9.17, 15) is 4.79 Å². The van der Waals surface area contributed by atoms with Gasteiger partial charge in [0.1, 0.15) is 0 Å². The lowest BCUT2D eigenvalue weighted by atomic mass is 10.0. The molecule has 4 nitrogen and oxygen atoms in total. The van der Waals surface area contributed by atoms with Gasteiger partial charge in [0.2, 0.25) is 5.91 Å².